The van der Waals surface area contributed by atoms with Crippen LogP contribution in [0.4, 0.5) is 14.5 Å². The fourth-order valence-corrected chi connectivity index (χ4v) is 1.88. The molecular formula is C12H17F2N5. The van der Waals surface area contributed by atoms with Crippen molar-refractivity contribution in [2.75, 3.05) is 5.73 Å². The Kier molecular flexibility index (Phi) is 3.32. The van der Waals surface area contributed by atoms with Gasteiger partial charge in [0.2, 0.25) is 0 Å². The number of rotatable bonds is 3. The summed E-state index contributed by atoms with van der Waals surface area (Å²) < 4.78 is 25.5. The molecule has 0 heterocycles. The van der Waals surface area contributed by atoms with Crippen LogP contribution in [0.15, 0.2) is 23.3 Å². The molecule has 6 N–H and O–H groups in total. The Balaban J connectivity index is 2.08. The summed E-state index contributed by atoms with van der Waals surface area (Å²) in [7, 11) is 0. The number of hydrogen-bond donors (Lipinski definition) is 3. The second-order valence-corrected chi connectivity index (χ2v) is 4.85. The summed E-state index contributed by atoms with van der Waals surface area (Å²) in [6, 6.07) is 4.77. The van der Waals surface area contributed by atoms with E-state index in [1.807, 2.05) is 13.0 Å². The van der Waals surface area contributed by atoms with Crippen molar-refractivity contribution in [3.05, 3.63) is 29.3 Å². The zero-order valence-corrected chi connectivity index (χ0v) is 10.6. The molecule has 0 spiro atoms. The summed E-state index contributed by atoms with van der Waals surface area (Å²) in [5.41, 5.74) is 13.7. The van der Waals surface area contributed by atoms with Gasteiger partial charge in [0.05, 0.1) is 6.04 Å². The van der Waals surface area contributed by atoms with Gasteiger partial charge in [0.15, 0.2) is 5.84 Å². The lowest BCUT2D eigenvalue weighted by molar-refractivity contribution is -0.124. The van der Waals surface area contributed by atoms with E-state index in [9.17, 15) is 8.78 Å². The van der Waals surface area contributed by atoms with Crippen molar-refractivity contribution < 1.29 is 8.78 Å². The van der Waals surface area contributed by atoms with Gasteiger partial charge in [-0.2, -0.15) is 0 Å². The fraction of sp³-hybridized carbons (Fsp3) is 0.417. The molecular weight excluding hydrogens is 252 g/mol. The predicted octanol–water partition coefficient (Wildman–Crippen LogP) is 1.17. The molecule has 0 bridgehead atoms. The van der Waals surface area contributed by atoms with E-state index in [0.717, 1.165) is 10.7 Å². The van der Waals surface area contributed by atoms with Crippen molar-refractivity contribution in [3.8, 4) is 0 Å². The molecule has 19 heavy (non-hydrogen) atoms. The summed E-state index contributed by atoms with van der Waals surface area (Å²) in [6.07, 6.45) is -0.591. The van der Waals surface area contributed by atoms with Crippen molar-refractivity contribution in [1.82, 2.24) is 5.12 Å². The molecule has 1 aliphatic rings. The maximum Gasteiger partial charge on any atom is 0.252 e. The Hall–Kier alpha value is -1.89. The van der Waals surface area contributed by atoms with Crippen LogP contribution < -0.4 is 17.3 Å². The number of hydrogen-bond acceptors (Lipinski definition) is 4. The van der Waals surface area contributed by atoms with Crippen LogP contribution >= 0.6 is 0 Å². The number of hydrazine groups is 1. The van der Waals surface area contributed by atoms with E-state index in [1.54, 1.807) is 12.1 Å². The summed E-state index contributed by atoms with van der Waals surface area (Å²) in [6.45, 7) is 1.87. The molecule has 104 valence electrons. The number of aryl methyl sites for hydroxylation is 1. The molecule has 0 aliphatic heterocycles. The number of nitrogens with two attached hydrogens (primary N) is 3. The van der Waals surface area contributed by atoms with Gasteiger partial charge in [0.25, 0.3) is 5.92 Å². The Morgan fingerprint density at radius 2 is 2.05 bits per heavy atom. The van der Waals surface area contributed by atoms with E-state index >= 15 is 0 Å². The van der Waals surface area contributed by atoms with Gasteiger partial charge < -0.3 is 11.5 Å². The monoisotopic (exact) mass is 269 g/mol. The molecule has 1 saturated carbocycles. The molecule has 1 aliphatic carbocycles. The van der Waals surface area contributed by atoms with Crippen LogP contribution in [0.1, 0.15) is 24.0 Å². The molecule has 0 atom stereocenters. The molecule has 1 aromatic carbocycles. The highest BCUT2D eigenvalue weighted by Crippen LogP contribution is 2.39. The average Bonchev–Trinajstić information content (AvgIpc) is 2.29. The van der Waals surface area contributed by atoms with E-state index in [2.05, 4.69) is 5.10 Å². The van der Waals surface area contributed by atoms with E-state index in [4.69, 9.17) is 17.3 Å². The number of halogens is 2. The normalized spacial score (nSPS) is 19.1. The topological polar surface area (TPSA) is 93.7 Å². The van der Waals surface area contributed by atoms with Gasteiger partial charge in [-0.05, 0) is 18.6 Å². The minimum Gasteiger partial charge on any atom is -0.398 e. The second kappa shape index (κ2) is 4.65. The van der Waals surface area contributed by atoms with Gasteiger partial charge in [-0.3, -0.25) is 0 Å². The SMILES string of the molecule is Cc1ccc(/C(N)=N/N(N)C2CC(F)(F)C2)cc1N. The maximum absolute atomic E-state index is 12.7. The number of nitrogen functional groups attached to an aromatic ring is 1. The van der Waals surface area contributed by atoms with Crippen LogP contribution in [-0.2, 0) is 0 Å². The zero-order chi connectivity index (χ0) is 14.2. The summed E-state index contributed by atoms with van der Waals surface area (Å²) >= 11 is 0. The standard InChI is InChI=1S/C12H17F2N5/c1-7-2-3-8(4-10(7)15)11(16)18-19(17)9-5-12(13,14)6-9/h2-4,9H,5-6,15,17H2,1H3,(H2,16,18). The molecule has 0 amide bonds. The number of nitrogens with zero attached hydrogens (tertiary/aromatic N) is 2. The van der Waals surface area contributed by atoms with Gasteiger partial charge in [0.1, 0.15) is 0 Å². The smallest absolute Gasteiger partial charge is 0.252 e. The van der Waals surface area contributed by atoms with Crippen LogP contribution in [-0.4, -0.2) is 22.9 Å². The minimum absolute atomic E-state index is 0.157. The summed E-state index contributed by atoms with van der Waals surface area (Å²) in [4.78, 5) is 0. The highest BCUT2D eigenvalue weighted by molar-refractivity contribution is 5.98. The molecule has 0 aromatic heterocycles. The quantitative estimate of drug-likeness (QED) is 0.252. The van der Waals surface area contributed by atoms with Crippen LogP contribution in [0.3, 0.4) is 0 Å². The van der Waals surface area contributed by atoms with Crippen molar-refractivity contribution in [2.24, 2.45) is 16.7 Å². The third-order valence-corrected chi connectivity index (χ3v) is 3.24. The van der Waals surface area contributed by atoms with E-state index in [-0.39, 0.29) is 18.7 Å². The van der Waals surface area contributed by atoms with Crippen molar-refractivity contribution in [2.45, 2.75) is 31.7 Å². The third-order valence-electron chi connectivity index (χ3n) is 3.24. The zero-order valence-electron chi connectivity index (χ0n) is 10.6. The van der Waals surface area contributed by atoms with E-state index in [1.165, 1.54) is 0 Å². The fourth-order valence-electron chi connectivity index (χ4n) is 1.88. The first-order valence-corrected chi connectivity index (χ1v) is 5.91. The summed E-state index contributed by atoms with van der Waals surface area (Å²) in [5.74, 6) is 3.13. The van der Waals surface area contributed by atoms with Crippen molar-refractivity contribution >= 4 is 11.5 Å². The first-order chi connectivity index (χ1) is 8.78. The van der Waals surface area contributed by atoms with Gasteiger partial charge in [-0.1, -0.05) is 12.1 Å². The lowest BCUT2D eigenvalue weighted by Crippen LogP contribution is -2.52. The lowest BCUT2D eigenvalue weighted by Gasteiger charge is -2.38. The third kappa shape index (κ3) is 2.93. The van der Waals surface area contributed by atoms with Crippen LogP contribution in [0, 0.1) is 6.92 Å². The van der Waals surface area contributed by atoms with Crippen molar-refractivity contribution in [3.63, 3.8) is 0 Å². The maximum atomic E-state index is 12.7. The highest BCUT2D eigenvalue weighted by atomic mass is 19.3. The number of amidine groups is 1. The van der Waals surface area contributed by atoms with E-state index < -0.39 is 12.0 Å². The molecule has 5 nitrogen and oxygen atoms in total. The molecule has 1 aromatic rings. The Morgan fingerprint density at radius 1 is 1.42 bits per heavy atom. The Labute approximate surface area is 110 Å². The lowest BCUT2D eigenvalue weighted by atomic mass is 9.88. The molecule has 1 fully saturated rings. The second-order valence-electron chi connectivity index (χ2n) is 4.85. The number of alkyl halides is 2. The molecule has 2 rings (SSSR count). The molecule has 0 radical (unpaired) electrons. The first kappa shape index (κ1) is 13.5. The van der Waals surface area contributed by atoms with Crippen LogP contribution in [0.2, 0.25) is 0 Å². The van der Waals surface area contributed by atoms with Gasteiger partial charge >= 0.3 is 0 Å². The summed E-state index contributed by atoms with van der Waals surface area (Å²) in [5, 5.41) is 4.92. The number of anilines is 1. The number of benzene rings is 1. The minimum atomic E-state index is -2.64. The predicted molar refractivity (Wildman–Crippen MR) is 70.3 cm³/mol. The molecule has 0 unspecified atom stereocenters. The van der Waals surface area contributed by atoms with Gasteiger partial charge in [-0.25, -0.2) is 19.7 Å². The highest BCUT2D eigenvalue weighted by Gasteiger charge is 2.47. The van der Waals surface area contributed by atoms with Crippen LogP contribution in [0.25, 0.3) is 0 Å². The van der Waals surface area contributed by atoms with Crippen LogP contribution in [0.5, 0.6) is 0 Å². The van der Waals surface area contributed by atoms with E-state index in [0.29, 0.717) is 11.3 Å². The Morgan fingerprint density at radius 3 is 2.58 bits per heavy atom. The van der Waals surface area contributed by atoms with Crippen molar-refractivity contribution in [1.29, 1.82) is 0 Å². The average molecular weight is 269 g/mol. The molecule has 0 saturated heterocycles. The molecule has 7 heteroatoms. The van der Waals surface area contributed by atoms with Gasteiger partial charge in [-0.15, -0.1) is 5.10 Å². The first-order valence-electron chi connectivity index (χ1n) is 5.91. The number of hydrazone groups is 1. The Bertz CT molecular complexity index is 507. The van der Waals surface area contributed by atoms with Gasteiger partial charge in [0, 0.05) is 24.1 Å². The largest absolute Gasteiger partial charge is 0.398 e.